The summed E-state index contributed by atoms with van der Waals surface area (Å²) in [5, 5.41) is 2.86. The Labute approximate surface area is 120 Å². The van der Waals surface area contributed by atoms with E-state index in [9.17, 15) is 9.59 Å². The van der Waals surface area contributed by atoms with Gasteiger partial charge in [-0.05, 0) is 18.9 Å². The predicted octanol–water partition coefficient (Wildman–Crippen LogP) is 1.74. The third-order valence-corrected chi connectivity index (χ3v) is 3.90. The lowest BCUT2D eigenvalue weighted by Crippen LogP contribution is -2.48. The molecule has 108 valence electrons. The first-order valence-electron chi connectivity index (χ1n) is 7.25. The molecule has 2 atom stereocenters. The molecule has 4 heteroatoms. The van der Waals surface area contributed by atoms with Gasteiger partial charge < -0.3 is 10.2 Å². The Morgan fingerprint density at radius 3 is 2.65 bits per heavy atom. The molecule has 1 N–H and O–H groups in total. The number of nitrogens with one attached hydrogen (secondary N) is 1. The van der Waals surface area contributed by atoms with Crippen molar-refractivity contribution in [3.05, 3.63) is 35.9 Å². The van der Waals surface area contributed by atoms with Crippen LogP contribution in [0.3, 0.4) is 0 Å². The van der Waals surface area contributed by atoms with Gasteiger partial charge in [0, 0.05) is 25.4 Å². The number of rotatable bonds is 4. The lowest BCUT2D eigenvalue weighted by molar-refractivity contribution is -0.135. The van der Waals surface area contributed by atoms with Crippen molar-refractivity contribution in [2.24, 2.45) is 0 Å². The zero-order valence-corrected chi connectivity index (χ0v) is 12.1. The molecule has 2 amide bonds. The second-order valence-electron chi connectivity index (χ2n) is 5.35. The van der Waals surface area contributed by atoms with Crippen LogP contribution in [0.25, 0.3) is 0 Å². The van der Waals surface area contributed by atoms with Gasteiger partial charge >= 0.3 is 0 Å². The molecule has 0 aromatic heterocycles. The second kappa shape index (κ2) is 6.55. The lowest BCUT2D eigenvalue weighted by atomic mass is 10.0. The largest absolute Gasteiger partial charge is 0.344 e. The maximum Gasteiger partial charge on any atom is 0.245 e. The quantitative estimate of drug-likeness (QED) is 0.909. The van der Waals surface area contributed by atoms with Crippen LogP contribution in [0, 0.1) is 0 Å². The summed E-state index contributed by atoms with van der Waals surface area (Å²) in [5.41, 5.74) is 1.07. The smallest absolute Gasteiger partial charge is 0.245 e. The van der Waals surface area contributed by atoms with Crippen molar-refractivity contribution in [2.45, 2.75) is 45.2 Å². The predicted molar refractivity (Wildman–Crippen MR) is 78.2 cm³/mol. The van der Waals surface area contributed by atoms with Crippen molar-refractivity contribution in [1.29, 1.82) is 0 Å². The van der Waals surface area contributed by atoms with E-state index in [-0.39, 0.29) is 17.9 Å². The molecular weight excluding hydrogens is 252 g/mol. The van der Waals surface area contributed by atoms with Crippen molar-refractivity contribution in [1.82, 2.24) is 10.2 Å². The minimum Gasteiger partial charge on any atom is -0.344 e. The Morgan fingerprint density at radius 2 is 2.00 bits per heavy atom. The summed E-state index contributed by atoms with van der Waals surface area (Å²) in [5.74, 6) is -0.000799. The summed E-state index contributed by atoms with van der Waals surface area (Å²) >= 11 is 0. The molecule has 0 spiro atoms. The van der Waals surface area contributed by atoms with Crippen LogP contribution in [0.4, 0.5) is 0 Å². The van der Waals surface area contributed by atoms with Gasteiger partial charge in [0.15, 0.2) is 0 Å². The van der Waals surface area contributed by atoms with Gasteiger partial charge in [0.2, 0.25) is 11.8 Å². The third kappa shape index (κ3) is 3.38. The molecule has 2 unspecified atom stereocenters. The van der Waals surface area contributed by atoms with E-state index in [0.717, 1.165) is 12.0 Å². The van der Waals surface area contributed by atoms with E-state index < -0.39 is 6.04 Å². The molecule has 1 fully saturated rings. The van der Waals surface area contributed by atoms with Crippen LogP contribution in [0.15, 0.2) is 30.3 Å². The van der Waals surface area contributed by atoms with Gasteiger partial charge in [0.1, 0.15) is 6.04 Å². The molecule has 0 saturated carbocycles. The fraction of sp³-hybridized carbons (Fsp3) is 0.500. The van der Waals surface area contributed by atoms with E-state index >= 15 is 0 Å². The van der Waals surface area contributed by atoms with Gasteiger partial charge in [-0.2, -0.15) is 0 Å². The Balaban J connectivity index is 2.16. The molecule has 0 aliphatic carbocycles. The van der Waals surface area contributed by atoms with Gasteiger partial charge in [-0.1, -0.05) is 37.3 Å². The van der Waals surface area contributed by atoms with Crippen LogP contribution in [0.2, 0.25) is 0 Å². The molecule has 2 rings (SSSR count). The molecule has 0 radical (unpaired) electrons. The average Bonchev–Trinajstić information content (AvgIpc) is 2.59. The summed E-state index contributed by atoms with van der Waals surface area (Å²) in [6.07, 6.45) is 1.84. The third-order valence-electron chi connectivity index (χ3n) is 3.90. The van der Waals surface area contributed by atoms with E-state index in [1.165, 1.54) is 0 Å². The van der Waals surface area contributed by atoms with Crippen molar-refractivity contribution in [2.75, 3.05) is 6.54 Å². The van der Waals surface area contributed by atoms with Gasteiger partial charge in [0.25, 0.3) is 0 Å². The van der Waals surface area contributed by atoms with Crippen LogP contribution in [-0.2, 0) is 16.0 Å². The van der Waals surface area contributed by atoms with Crippen LogP contribution in [0.1, 0.15) is 32.3 Å². The van der Waals surface area contributed by atoms with Crippen molar-refractivity contribution in [3.63, 3.8) is 0 Å². The molecule has 20 heavy (non-hydrogen) atoms. The highest BCUT2D eigenvalue weighted by Crippen LogP contribution is 2.13. The monoisotopic (exact) mass is 274 g/mol. The van der Waals surface area contributed by atoms with E-state index in [2.05, 4.69) is 12.2 Å². The zero-order valence-electron chi connectivity index (χ0n) is 12.1. The van der Waals surface area contributed by atoms with Gasteiger partial charge in [-0.15, -0.1) is 0 Å². The lowest BCUT2D eigenvalue weighted by Gasteiger charge is -2.29. The zero-order chi connectivity index (χ0) is 14.5. The minimum atomic E-state index is -0.443. The molecular formula is C16H22N2O2. The number of benzene rings is 1. The van der Waals surface area contributed by atoms with Crippen molar-refractivity contribution >= 4 is 11.8 Å². The normalized spacial score (nSPS) is 21.3. The molecule has 1 aromatic carbocycles. The Morgan fingerprint density at radius 1 is 1.30 bits per heavy atom. The summed E-state index contributed by atoms with van der Waals surface area (Å²) in [6.45, 7) is 4.61. The number of carbonyl (C=O) groups excluding carboxylic acids is 2. The Kier molecular flexibility index (Phi) is 4.77. The van der Waals surface area contributed by atoms with Gasteiger partial charge in [0.05, 0.1) is 0 Å². The summed E-state index contributed by atoms with van der Waals surface area (Å²) in [4.78, 5) is 26.2. The van der Waals surface area contributed by atoms with E-state index in [0.29, 0.717) is 19.4 Å². The molecule has 1 saturated heterocycles. The second-order valence-corrected chi connectivity index (χ2v) is 5.35. The molecule has 1 aromatic rings. The minimum absolute atomic E-state index is 0.0362. The first kappa shape index (κ1) is 14.6. The Hall–Kier alpha value is -1.84. The first-order chi connectivity index (χ1) is 9.61. The number of amides is 2. The van der Waals surface area contributed by atoms with Crippen molar-refractivity contribution in [3.8, 4) is 0 Å². The highest BCUT2D eigenvalue weighted by Gasteiger charge is 2.31. The van der Waals surface area contributed by atoms with E-state index in [4.69, 9.17) is 0 Å². The number of hydrogen-bond donors (Lipinski definition) is 1. The van der Waals surface area contributed by atoms with E-state index in [1.807, 2.05) is 42.2 Å². The first-order valence-corrected chi connectivity index (χ1v) is 7.25. The summed E-state index contributed by atoms with van der Waals surface area (Å²) in [7, 11) is 0. The standard InChI is InChI=1S/C16H22N2O2/c1-3-12(2)18-10-9-15(19)17-14(16(18)20)11-13-7-5-4-6-8-13/h4-8,12,14H,3,9-11H2,1-2H3,(H,17,19). The molecule has 1 heterocycles. The average molecular weight is 274 g/mol. The fourth-order valence-electron chi connectivity index (χ4n) is 2.51. The fourth-order valence-corrected chi connectivity index (χ4v) is 2.51. The number of nitrogens with zero attached hydrogens (tertiary/aromatic N) is 1. The summed E-state index contributed by atoms with van der Waals surface area (Å²) in [6, 6.07) is 9.54. The molecule has 4 nitrogen and oxygen atoms in total. The maximum atomic E-state index is 12.6. The van der Waals surface area contributed by atoms with E-state index in [1.54, 1.807) is 0 Å². The SMILES string of the molecule is CCC(C)N1CCC(=O)NC(Cc2ccccc2)C1=O. The topological polar surface area (TPSA) is 49.4 Å². The van der Waals surface area contributed by atoms with Gasteiger partial charge in [-0.25, -0.2) is 0 Å². The highest BCUT2D eigenvalue weighted by atomic mass is 16.2. The van der Waals surface area contributed by atoms with Crippen LogP contribution in [0.5, 0.6) is 0 Å². The number of hydrogen-bond acceptors (Lipinski definition) is 2. The summed E-state index contributed by atoms with van der Waals surface area (Å²) < 4.78 is 0. The molecule has 0 bridgehead atoms. The Bertz CT molecular complexity index is 473. The molecule has 1 aliphatic heterocycles. The van der Waals surface area contributed by atoms with Crippen LogP contribution < -0.4 is 5.32 Å². The maximum absolute atomic E-state index is 12.6. The van der Waals surface area contributed by atoms with Gasteiger partial charge in [-0.3, -0.25) is 9.59 Å². The number of carbonyl (C=O) groups is 2. The highest BCUT2D eigenvalue weighted by molar-refractivity contribution is 5.90. The van der Waals surface area contributed by atoms with Crippen molar-refractivity contribution < 1.29 is 9.59 Å². The van der Waals surface area contributed by atoms with Crippen LogP contribution >= 0.6 is 0 Å². The van der Waals surface area contributed by atoms with Crippen LogP contribution in [-0.4, -0.2) is 35.3 Å². The molecule has 1 aliphatic rings.